The summed E-state index contributed by atoms with van der Waals surface area (Å²) in [6.07, 6.45) is -1.20. The fourth-order valence-corrected chi connectivity index (χ4v) is 13.1. The van der Waals surface area contributed by atoms with Crippen LogP contribution >= 0.6 is 0 Å². The van der Waals surface area contributed by atoms with Gasteiger partial charge in [-0.15, -0.1) is 0 Å². The van der Waals surface area contributed by atoms with Gasteiger partial charge in [-0.3, -0.25) is 81.7 Å². The average molecular weight is 1580 g/mol. The molecule has 40 nitrogen and oxygen atoms in total. The second-order valence-electron chi connectivity index (χ2n) is 29.8. The molecule has 112 heavy (non-hydrogen) atoms. The molecule has 4 rings (SSSR count). The molecule has 3 saturated heterocycles. The maximum atomic E-state index is 14.6. The van der Waals surface area contributed by atoms with Crippen molar-refractivity contribution in [1.29, 1.82) is 0 Å². The fourth-order valence-electron chi connectivity index (χ4n) is 13.1. The number of guanidine groups is 1. The molecule has 0 aromatic heterocycles. The molecular weight excluding hydrogens is 1470 g/mol. The molecule has 15 atom stereocenters. The summed E-state index contributed by atoms with van der Waals surface area (Å²) in [5.41, 5.74) is 28.8. The number of nitrogens with zero attached hydrogens (tertiary/aromatic N) is 4. The van der Waals surface area contributed by atoms with Crippen LogP contribution in [0.3, 0.4) is 0 Å². The van der Waals surface area contributed by atoms with Gasteiger partial charge in [0.2, 0.25) is 88.6 Å². The second-order valence-corrected chi connectivity index (χ2v) is 29.8. The smallest absolute Gasteiger partial charge is 0.326 e. The molecular formula is C72H115N19O21. The summed E-state index contributed by atoms with van der Waals surface area (Å²) in [7, 11) is 0. The number of aromatic hydroxyl groups is 1. The molecule has 40 heteroatoms. The first-order valence-corrected chi connectivity index (χ1v) is 37.8. The third-order valence-electron chi connectivity index (χ3n) is 19.4. The van der Waals surface area contributed by atoms with Crippen LogP contribution in [0.5, 0.6) is 5.75 Å². The highest BCUT2D eigenvalue weighted by Crippen LogP contribution is 2.25. The molecule has 624 valence electrons. The number of aliphatic carboxylic acids is 2. The van der Waals surface area contributed by atoms with Gasteiger partial charge in [0.1, 0.15) is 84.3 Å². The van der Waals surface area contributed by atoms with Crippen molar-refractivity contribution >= 4 is 107 Å². The van der Waals surface area contributed by atoms with E-state index in [2.05, 4.69) is 58.2 Å². The minimum absolute atomic E-state index is 0.0139. The number of carboxylic acid groups (broad SMARTS) is 2. The third-order valence-corrected chi connectivity index (χ3v) is 19.4. The summed E-state index contributed by atoms with van der Waals surface area (Å²) in [5, 5.41) is 64.5. The highest BCUT2D eigenvalue weighted by molar-refractivity contribution is 6.02. The molecule has 0 saturated carbocycles. The number of aliphatic hydroxyl groups is 1. The van der Waals surface area contributed by atoms with E-state index in [0.717, 1.165) is 4.90 Å². The van der Waals surface area contributed by atoms with Gasteiger partial charge < -0.3 is 117 Å². The summed E-state index contributed by atoms with van der Waals surface area (Å²) in [6, 6.07) is -14.6. The van der Waals surface area contributed by atoms with Gasteiger partial charge in [0, 0.05) is 39.0 Å². The number of nitrogens with one attached hydrogen (secondary N) is 10. The number of nitrogens with two attached hydrogens (primary N) is 5. The number of phenols is 1. The molecule has 0 spiro atoms. The number of carbonyl (C=O) groups is 17. The lowest BCUT2D eigenvalue weighted by Gasteiger charge is -2.31. The fraction of sp³-hybridized carbons (Fsp3) is 0.667. The lowest BCUT2D eigenvalue weighted by atomic mass is 9.98. The lowest BCUT2D eigenvalue weighted by Crippen LogP contribution is -2.62. The minimum atomic E-state index is -1.82. The Morgan fingerprint density at radius 1 is 0.491 bits per heavy atom. The standard InChI is InChI=1S/C72H115N19O21/c1-10-38(8)56(75)70(110)91-28-14-18-52(91)66(106)84-45(32-53(73)94)61(101)82-44(29-35(2)3)60(100)83-46(33-54(74)95)62(102)88-57(37(6)7)67(107)87-49(34-92)63(103)85-47(30-36(4)5)68(108)89-26-12-16-50(89)64(104)79-39(9)58(98)80-42(15-11-25-78-72(76)77)59(99)86-48(31-40-19-21-41(93)22-20-40)69(109)90-27-13-17-51(90)65(105)81-43(71(111)112)23-24-55(96)97/h19-22,35-39,42-52,56-57,92-93H,10-18,23-34,75H2,1-9H3,(H2,73,94)(H2,74,95)(H,79,104)(H,80,98)(H,81,105)(H,82,101)(H,83,100)(H,84,106)(H,85,103)(H,86,99)(H,87,107)(H,88,102)(H,96,97)(H,111,112)(H4,76,77,78)/t38-,39-,42-,43-,44-,45-,46-,47-,48-,49-,50-,51-,52-,56-,57-/m0/s1. The van der Waals surface area contributed by atoms with Gasteiger partial charge >= 0.3 is 11.9 Å². The van der Waals surface area contributed by atoms with Crippen LogP contribution in [-0.4, -0.2) is 259 Å². The van der Waals surface area contributed by atoms with Gasteiger partial charge in [0.15, 0.2) is 5.96 Å². The number of carbonyl (C=O) groups excluding carboxylic acids is 15. The molecule has 3 heterocycles. The number of likely N-dealkylation sites (tertiary alicyclic amines) is 3. The molecule has 0 aliphatic carbocycles. The number of aliphatic imine (C=N–C) groups is 1. The van der Waals surface area contributed by atoms with Gasteiger partial charge in [-0.2, -0.15) is 0 Å². The predicted octanol–water partition coefficient (Wildman–Crippen LogP) is -5.36. The van der Waals surface area contributed by atoms with E-state index in [1.165, 1.54) is 54.8 Å². The van der Waals surface area contributed by atoms with Crippen LogP contribution in [0.2, 0.25) is 0 Å². The topological polar surface area (TPSA) is 644 Å². The molecule has 1 aromatic rings. The highest BCUT2D eigenvalue weighted by Gasteiger charge is 2.45. The summed E-state index contributed by atoms with van der Waals surface area (Å²) >= 11 is 0. The SMILES string of the molecule is CC[C@H](C)[C@H](N)C(=O)N1CCC[C@H]1C(=O)N[C@@H](CC(N)=O)C(=O)N[C@@H](CC(C)C)C(=O)N[C@@H](CC(N)=O)C(=O)N[C@H](C(=O)N[C@@H](CO)C(=O)N[C@@H](CC(C)C)C(=O)N1CCC[C@H]1C(=O)N[C@@H](C)C(=O)N[C@@H](CCCN=C(N)N)C(=O)N[C@@H](Cc1ccc(O)cc1)C(=O)N1CCC[C@H]1C(=O)N[C@@H](CCC(=O)O)C(=O)O)C(C)C. The number of carboxylic acids is 2. The van der Waals surface area contributed by atoms with Gasteiger partial charge in [0.05, 0.1) is 25.5 Å². The van der Waals surface area contributed by atoms with Crippen LogP contribution in [0, 0.1) is 23.7 Å². The van der Waals surface area contributed by atoms with E-state index in [1.54, 1.807) is 34.6 Å². The Morgan fingerprint density at radius 2 is 0.911 bits per heavy atom. The Labute approximate surface area is 649 Å². The van der Waals surface area contributed by atoms with Crippen LogP contribution in [0.15, 0.2) is 29.3 Å². The van der Waals surface area contributed by atoms with Crippen molar-refractivity contribution in [2.75, 3.05) is 32.8 Å². The first-order chi connectivity index (χ1) is 52.6. The molecule has 1 aromatic carbocycles. The summed E-state index contributed by atoms with van der Waals surface area (Å²) in [4.78, 5) is 239. The van der Waals surface area contributed by atoms with Crippen molar-refractivity contribution in [2.45, 2.75) is 250 Å². The molecule has 24 N–H and O–H groups in total. The number of hydrogen-bond donors (Lipinski definition) is 19. The van der Waals surface area contributed by atoms with Crippen molar-refractivity contribution in [3.05, 3.63) is 29.8 Å². The maximum absolute atomic E-state index is 14.6. The number of amides is 15. The number of benzene rings is 1. The van der Waals surface area contributed by atoms with Gasteiger partial charge in [-0.25, -0.2) is 4.79 Å². The highest BCUT2D eigenvalue weighted by atomic mass is 16.4. The molecule has 0 bridgehead atoms. The van der Waals surface area contributed by atoms with Crippen molar-refractivity contribution in [1.82, 2.24) is 67.9 Å². The molecule has 15 amide bonds. The Morgan fingerprint density at radius 3 is 1.39 bits per heavy atom. The van der Waals surface area contributed by atoms with Gasteiger partial charge in [-0.05, 0) is 119 Å². The van der Waals surface area contributed by atoms with Crippen LogP contribution in [0.4, 0.5) is 0 Å². The summed E-state index contributed by atoms with van der Waals surface area (Å²) in [5.74, 6) is -18.8. The van der Waals surface area contributed by atoms with E-state index >= 15 is 0 Å². The summed E-state index contributed by atoms with van der Waals surface area (Å²) < 4.78 is 0. The van der Waals surface area contributed by atoms with E-state index in [9.17, 15) is 96.8 Å². The van der Waals surface area contributed by atoms with Crippen molar-refractivity contribution in [3.8, 4) is 5.75 Å². The van der Waals surface area contributed by atoms with Crippen LogP contribution in [0.25, 0.3) is 0 Å². The Balaban J connectivity index is 1.49. The van der Waals surface area contributed by atoms with Crippen molar-refractivity contribution in [3.63, 3.8) is 0 Å². The molecule has 3 aliphatic heterocycles. The van der Waals surface area contributed by atoms with Crippen LogP contribution in [0.1, 0.15) is 164 Å². The zero-order valence-corrected chi connectivity index (χ0v) is 65.0. The quantitative estimate of drug-likeness (QED) is 0.0165. The number of aliphatic hydroxyl groups excluding tert-OH is 1. The number of hydrogen-bond acceptors (Lipinski definition) is 21. The minimum Gasteiger partial charge on any atom is -0.508 e. The normalized spacial score (nSPS) is 18.6. The summed E-state index contributed by atoms with van der Waals surface area (Å²) in [6.45, 7) is 13.8. The van der Waals surface area contributed by atoms with Crippen LogP contribution in [-0.2, 0) is 87.9 Å². The maximum Gasteiger partial charge on any atom is 0.326 e. The van der Waals surface area contributed by atoms with Crippen molar-refractivity contribution in [2.24, 2.45) is 57.3 Å². The Bertz CT molecular complexity index is 3560. The molecule has 0 unspecified atom stereocenters. The zero-order valence-electron chi connectivity index (χ0n) is 65.0. The largest absolute Gasteiger partial charge is 0.508 e. The van der Waals surface area contributed by atoms with E-state index in [4.69, 9.17) is 33.8 Å². The number of phenolic OH excluding ortho intramolecular Hbond substituents is 1. The molecule has 3 fully saturated rings. The zero-order chi connectivity index (χ0) is 84.1. The predicted molar refractivity (Wildman–Crippen MR) is 401 cm³/mol. The number of rotatable bonds is 45. The van der Waals surface area contributed by atoms with Crippen LogP contribution < -0.4 is 81.8 Å². The number of primary amides is 2. The lowest BCUT2D eigenvalue weighted by molar-refractivity contribution is -0.145. The average Bonchev–Trinajstić information content (AvgIpc) is 1.43. The Hall–Kier alpha value is -10.8. The Kier molecular flexibility index (Phi) is 37.5. The van der Waals surface area contributed by atoms with Gasteiger partial charge in [-0.1, -0.05) is 73.9 Å². The molecule has 0 radical (unpaired) electrons. The first-order valence-electron chi connectivity index (χ1n) is 37.8. The second kappa shape index (κ2) is 44.9. The molecule has 3 aliphatic rings. The third kappa shape index (κ3) is 29.1. The first kappa shape index (κ1) is 93.6. The monoisotopic (exact) mass is 1580 g/mol. The van der Waals surface area contributed by atoms with E-state index in [-0.39, 0.29) is 120 Å². The van der Waals surface area contributed by atoms with Crippen molar-refractivity contribution < 1.29 is 102 Å². The van der Waals surface area contributed by atoms with E-state index < -0.39 is 223 Å². The van der Waals surface area contributed by atoms with Gasteiger partial charge in [0.25, 0.3) is 0 Å². The van der Waals surface area contributed by atoms with E-state index in [1.807, 2.05) is 6.92 Å². The van der Waals surface area contributed by atoms with E-state index in [0.29, 0.717) is 18.4 Å².